The lowest BCUT2D eigenvalue weighted by molar-refractivity contribution is -0.157. The molecule has 1 fully saturated rings. The smallest absolute Gasteiger partial charge is 0.329 e. The molecule has 0 spiro atoms. The summed E-state index contributed by atoms with van der Waals surface area (Å²) in [4.78, 5) is 61.5. The molecule has 1 saturated heterocycles. The number of Topliss-reactive ketones (excluding diaryl/α,β-unsaturated/α-hetero) is 1. The standard InChI is InChI=1S/C21H21FN2O6/c1-11(24-19(27)14-5-3-4-6-15(14)20(24)28)21(29)30-10-18(26)16-8-7-13(9-17(16)22)23-12(2)25/h3-4,7-9,11,14-15H,5-6,10H2,1-2H3,(H,23,25)/t11-,14+,15+/m0/s1. The molecule has 158 valence electrons. The topological polar surface area (TPSA) is 110 Å². The molecule has 3 atom stereocenters. The first-order valence-electron chi connectivity index (χ1n) is 9.49. The van der Waals surface area contributed by atoms with Crippen molar-refractivity contribution in [3.63, 3.8) is 0 Å². The van der Waals surface area contributed by atoms with E-state index in [4.69, 9.17) is 4.74 Å². The zero-order valence-corrected chi connectivity index (χ0v) is 16.5. The lowest BCUT2D eigenvalue weighted by Crippen LogP contribution is -2.44. The molecule has 1 aliphatic carbocycles. The molecule has 1 N–H and O–H groups in total. The molecule has 2 aliphatic rings. The quantitative estimate of drug-likeness (QED) is 0.328. The van der Waals surface area contributed by atoms with Crippen molar-refractivity contribution < 1.29 is 33.1 Å². The van der Waals surface area contributed by atoms with Gasteiger partial charge in [0.05, 0.1) is 17.4 Å². The van der Waals surface area contributed by atoms with Gasteiger partial charge in [-0.05, 0) is 38.0 Å². The highest BCUT2D eigenvalue weighted by atomic mass is 19.1. The average molecular weight is 416 g/mol. The van der Waals surface area contributed by atoms with E-state index in [1.165, 1.54) is 26.0 Å². The summed E-state index contributed by atoms with van der Waals surface area (Å²) >= 11 is 0. The van der Waals surface area contributed by atoms with E-state index in [0.29, 0.717) is 12.8 Å². The molecular weight excluding hydrogens is 395 g/mol. The van der Waals surface area contributed by atoms with Gasteiger partial charge in [-0.2, -0.15) is 0 Å². The molecule has 0 unspecified atom stereocenters. The van der Waals surface area contributed by atoms with Gasteiger partial charge in [-0.15, -0.1) is 0 Å². The highest BCUT2D eigenvalue weighted by molar-refractivity contribution is 6.08. The number of imide groups is 1. The highest BCUT2D eigenvalue weighted by Crippen LogP contribution is 2.36. The molecule has 8 nitrogen and oxygen atoms in total. The van der Waals surface area contributed by atoms with Crippen molar-refractivity contribution in [3.8, 4) is 0 Å². The molecular formula is C21H21FN2O6. The number of benzene rings is 1. The molecule has 0 aromatic heterocycles. The van der Waals surface area contributed by atoms with Crippen molar-refractivity contribution in [2.24, 2.45) is 11.8 Å². The minimum Gasteiger partial charge on any atom is -0.456 e. The molecule has 1 aromatic carbocycles. The molecule has 1 aliphatic heterocycles. The van der Waals surface area contributed by atoms with Crippen LogP contribution >= 0.6 is 0 Å². The molecule has 9 heteroatoms. The zero-order chi connectivity index (χ0) is 22.0. The number of halogens is 1. The minimum absolute atomic E-state index is 0.184. The van der Waals surface area contributed by atoms with Crippen molar-refractivity contribution >= 4 is 35.2 Å². The van der Waals surface area contributed by atoms with Gasteiger partial charge in [-0.25, -0.2) is 9.18 Å². The van der Waals surface area contributed by atoms with Crippen LogP contribution in [0.15, 0.2) is 30.4 Å². The van der Waals surface area contributed by atoms with E-state index in [2.05, 4.69) is 5.32 Å². The van der Waals surface area contributed by atoms with Gasteiger partial charge in [0.2, 0.25) is 23.5 Å². The number of ketones is 1. The average Bonchev–Trinajstić information content (AvgIpc) is 2.95. The van der Waals surface area contributed by atoms with Gasteiger partial charge >= 0.3 is 5.97 Å². The number of carbonyl (C=O) groups excluding carboxylic acids is 5. The molecule has 1 aromatic rings. The third-order valence-corrected chi connectivity index (χ3v) is 5.21. The summed E-state index contributed by atoms with van der Waals surface area (Å²) < 4.78 is 19.1. The fourth-order valence-electron chi connectivity index (χ4n) is 3.67. The van der Waals surface area contributed by atoms with Gasteiger partial charge in [0.1, 0.15) is 11.9 Å². The SMILES string of the molecule is CC(=O)Nc1ccc(C(=O)COC(=O)[C@H](C)N2C(=O)[C@@H]3CC=CC[C@H]3C2=O)c(F)c1. The van der Waals surface area contributed by atoms with Crippen molar-refractivity contribution in [3.05, 3.63) is 41.7 Å². The van der Waals surface area contributed by atoms with Crippen LogP contribution in [0.2, 0.25) is 0 Å². The number of fused-ring (bicyclic) bond motifs is 1. The van der Waals surface area contributed by atoms with Gasteiger partial charge in [0.15, 0.2) is 6.61 Å². The van der Waals surface area contributed by atoms with Crippen LogP contribution in [0.3, 0.4) is 0 Å². The number of hydrogen-bond donors (Lipinski definition) is 1. The van der Waals surface area contributed by atoms with Crippen LogP contribution in [-0.4, -0.2) is 47.0 Å². The van der Waals surface area contributed by atoms with E-state index < -0.39 is 59.8 Å². The maximum Gasteiger partial charge on any atom is 0.329 e. The minimum atomic E-state index is -1.18. The monoisotopic (exact) mass is 416 g/mol. The summed E-state index contributed by atoms with van der Waals surface area (Å²) in [6.45, 7) is 1.87. The van der Waals surface area contributed by atoms with E-state index in [1.54, 1.807) is 0 Å². The number of anilines is 1. The lowest BCUT2D eigenvalue weighted by Gasteiger charge is -2.21. The maximum absolute atomic E-state index is 14.1. The predicted molar refractivity (Wildman–Crippen MR) is 103 cm³/mol. The number of nitrogens with zero attached hydrogens (tertiary/aromatic N) is 1. The van der Waals surface area contributed by atoms with Crippen LogP contribution in [0, 0.1) is 17.7 Å². The van der Waals surface area contributed by atoms with E-state index >= 15 is 0 Å². The largest absolute Gasteiger partial charge is 0.456 e. The molecule has 0 radical (unpaired) electrons. The van der Waals surface area contributed by atoms with Gasteiger partial charge in [0.25, 0.3) is 0 Å². The summed E-state index contributed by atoms with van der Waals surface area (Å²) in [5.41, 5.74) is -0.126. The van der Waals surface area contributed by atoms with E-state index in [0.717, 1.165) is 11.0 Å². The van der Waals surface area contributed by atoms with Gasteiger partial charge in [-0.1, -0.05) is 12.2 Å². The van der Waals surface area contributed by atoms with E-state index in [1.807, 2.05) is 12.2 Å². The van der Waals surface area contributed by atoms with Crippen LogP contribution in [0.5, 0.6) is 0 Å². The number of carbonyl (C=O) groups is 5. The molecule has 1 heterocycles. The molecule has 3 amide bonds. The second-order valence-electron chi connectivity index (χ2n) is 7.28. The fourth-order valence-corrected chi connectivity index (χ4v) is 3.67. The Morgan fingerprint density at radius 2 is 1.77 bits per heavy atom. The molecule has 30 heavy (non-hydrogen) atoms. The number of hydrogen-bond acceptors (Lipinski definition) is 6. The maximum atomic E-state index is 14.1. The number of rotatable bonds is 6. The summed E-state index contributed by atoms with van der Waals surface area (Å²) in [6, 6.07) is 2.32. The fraction of sp³-hybridized carbons (Fsp3) is 0.381. The van der Waals surface area contributed by atoms with Crippen molar-refractivity contribution in [1.82, 2.24) is 4.90 Å². The van der Waals surface area contributed by atoms with Crippen LogP contribution in [0.4, 0.5) is 10.1 Å². The molecule has 3 rings (SSSR count). The van der Waals surface area contributed by atoms with Gasteiger partial charge < -0.3 is 10.1 Å². The number of nitrogens with one attached hydrogen (secondary N) is 1. The van der Waals surface area contributed by atoms with Crippen LogP contribution < -0.4 is 5.32 Å². The lowest BCUT2D eigenvalue weighted by atomic mass is 9.85. The third kappa shape index (κ3) is 4.14. The first kappa shape index (κ1) is 21.4. The molecule has 0 bridgehead atoms. The van der Waals surface area contributed by atoms with Crippen molar-refractivity contribution in [2.45, 2.75) is 32.7 Å². The normalized spacial score (nSPS) is 21.2. The Hall–Kier alpha value is -3.36. The second kappa shape index (κ2) is 8.56. The first-order valence-corrected chi connectivity index (χ1v) is 9.49. The second-order valence-corrected chi connectivity index (χ2v) is 7.28. The molecule has 0 saturated carbocycles. The summed E-state index contributed by atoms with van der Waals surface area (Å²) in [6.07, 6.45) is 4.56. The first-order chi connectivity index (χ1) is 14.2. The van der Waals surface area contributed by atoms with Crippen molar-refractivity contribution in [1.29, 1.82) is 0 Å². The Balaban J connectivity index is 1.61. The number of ether oxygens (including phenoxy) is 1. The zero-order valence-electron chi connectivity index (χ0n) is 16.5. The Morgan fingerprint density at radius 3 is 2.30 bits per heavy atom. The van der Waals surface area contributed by atoms with E-state index in [9.17, 15) is 28.4 Å². The van der Waals surface area contributed by atoms with E-state index in [-0.39, 0.29) is 11.3 Å². The summed E-state index contributed by atoms with van der Waals surface area (Å²) in [5, 5.41) is 2.39. The predicted octanol–water partition coefficient (Wildman–Crippen LogP) is 1.85. The van der Waals surface area contributed by atoms with Crippen LogP contribution in [0.1, 0.15) is 37.0 Å². The van der Waals surface area contributed by atoms with Crippen molar-refractivity contribution in [2.75, 3.05) is 11.9 Å². The van der Waals surface area contributed by atoms with Gasteiger partial charge in [0, 0.05) is 12.6 Å². The number of esters is 1. The van der Waals surface area contributed by atoms with Crippen LogP contribution in [-0.2, 0) is 23.9 Å². The number of amides is 3. The Kier molecular flexibility index (Phi) is 6.09. The van der Waals surface area contributed by atoms with Gasteiger partial charge in [-0.3, -0.25) is 24.1 Å². The number of allylic oxidation sites excluding steroid dienone is 2. The Labute approximate surface area is 172 Å². The highest BCUT2D eigenvalue weighted by Gasteiger charge is 2.50. The van der Waals surface area contributed by atoms with Crippen LogP contribution in [0.25, 0.3) is 0 Å². The summed E-state index contributed by atoms with van der Waals surface area (Å²) in [5.74, 6) is -4.79. The summed E-state index contributed by atoms with van der Waals surface area (Å²) in [7, 11) is 0. The Bertz CT molecular complexity index is 931. The third-order valence-electron chi connectivity index (χ3n) is 5.21. The number of likely N-dealkylation sites (tertiary alicyclic amines) is 1. The Morgan fingerprint density at radius 1 is 1.17 bits per heavy atom.